The van der Waals surface area contributed by atoms with Crippen LogP contribution in [0.15, 0.2) is 11.6 Å². The van der Waals surface area contributed by atoms with Crippen LogP contribution >= 0.6 is 0 Å². The summed E-state index contributed by atoms with van der Waals surface area (Å²) in [6.45, 7) is 18.1. The molecule has 1 N–H and O–H groups in total. The number of hydrogen-bond donors (Lipinski definition) is 1. The molecule has 0 aliphatic heterocycles. The molecule has 0 spiro atoms. The molecule has 39 heavy (non-hydrogen) atoms. The number of aliphatic carboxylic acids is 1. The Kier molecular flexibility index (Phi) is 6.60. The number of carbonyl (C=O) groups excluding carboxylic acids is 2. The lowest BCUT2D eigenvalue weighted by Crippen LogP contribution is -2.66. The van der Waals surface area contributed by atoms with E-state index < -0.39 is 17.5 Å². The van der Waals surface area contributed by atoms with Crippen molar-refractivity contribution in [2.24, 2.45) is 50.2 Å². The third-order valence-electron chi connectivity index (χ3n) is 13.5. The molecule has 0 amide bonds. The number of carbonyl (C=O) groups is 3. The number of hydrogen-bond acceptors (Lipinski definition) is 4. The predicted molar refractivity (Wildman–Crippen MR) is 152 cm³/mol. The Labute approximate surface area is 235 Å². The van der Waals surface area contributed by atoms with Crippen molar-refractivity contribution in [3.05, 3.63) is 11.6 Å². The lowest BCUT2D eigenvalue weighted by molar-refractivity contribution is -0.207. The number of carboxylic acid groups (broad SMARTS) is 1. The number of esters is 1. The molecular formula is C34H52O5. The zero-order chi connectivity index (χ0) is 28.8. The van der Waals surface area contributed by atoms with Gasteiger partial charge in [-0.15, -0.1) is 0 Å². The zero-order valence-electron chi connectivity index (χ0n) is 25.7. The molecule has 0 heterocycles. The number of ether oxygens (including phenoxy) is 1. The van der Waals surface area contributed by atoms with Crippen LogP contribution < -0.4 is 0 Å². The average molecular weight is 541 g/mol. The van der Waals surface area contributed by atoms with Gasteiger partial charge in [0, 0.05) is 24.2 Å². The molecule has 8 atom stereocenters. The largest absolute Gasteiger partial charge is 0.481 e. The van der Waals surface area contributed by atoms with E-state index in [0.717, 1.165) is 38.5 Å². The van der Waals surface area contributed by atoms with Gasteiger partial charge in [0.15, 0.2) is 0 Å². The number of rotatable bonds is 4. The Morgan fingerprint density at radius 1 is 0.974 bits per heavy atom. The SMILES string of the molecule is CCCC(=O)O[C@@H]1CC(C)(C)C[C@H]2C3=CC[C@@H]4[C@@]5(C)CCC(=O)C(C)(C)[C@@H]5CC[C@@]4(C)[C@]3(C)CC[C@@]12C(=O)O. The van der Waals surface area contributed by atoms with E-state index in [1.165, 1.54) is 5.57 Å². The van der Waals surface area contributed by atoms with E-state index in [2.05, 4.69) is 54.5 Å². The highest BCUT2D eigenvalue weighted by molar-refractivity contribution is 5.85. The van der Waals surface area contributed by atoms with E-state index >= 15 is 0 Å². The molecule has 0 aromatic carbocycles. The summed E-state index contributed by atoms with van der Waals surface area (Å²) < 4.78 is 6.09. The lowest BCUT2D eigenvalue weighted by atomic mass is 9.33. The molecule has 5 nitrogen and oxygen atoms in total. The second kappa shape index (κ2) is 8.92. The van der Waals surface area contributed by atoms with E-state index in [1.54, 1.807) is 0 Å². The van der Waals surface area contributed by atoms with Gasteiger partial charge in [0.25, 0.3) is 0 Å². The number of allylic oxidation sites excluding steroid dienone is 2. The standard InChI is InChI=1S/C34H52O5/c1-9-10-27(36)39-26-20-29(2,3)19-22-21-11-12-24-31(6)15-14-25(35)30(4,5)23(31)13-16-33(24,8)32(21,7)17-18-34(22,26)28(37)38/h11,22-24,26H,9-10,12-20H2,1-8H3,(H,37,38)/t22-,23-,24+,26+,31-,32+,33+,34-/m0/s1. The second-order valence-corrected chi connectivity index (χ2v) is 16.1. The highest BCUT2D eigenvalue weighted by Crippen LogP contribution is 2.75. The highest BCUT2D eigenvalue weighted by Gasteiger charge is 2.71. The molecule has 4 saturated carbocycles. The molecule has 5 rings (SSSR count). The third kappa shape index (κ3) is 3.79. The van der Waals surface area contributed by atoms with Crippen LogP contribution in [0.1, 0.15) is 126 Å². The summed E-state index contributed by atoms with van der Waals surface area (Å²) in [4.78, 5) is 39.0. The van der Waals surface area contributed by atoms with Crippen LogP contribution in [0, 0.1) is 50.2 Å². The zero-order valence-corrected chi connectivity index (χ0v) is 25.7. The Hall–Kier alpha value is -1.65. The van der Waals surface area contributed by atoms with E-state index in [0.29, 0.717) is 49.7 Å². The van der Waals surface area contributed by atoms with Gasteiger partial charge in [-0.3, -0.25) is 14.4 Å². The fourth-order valence-corrected chi connectivity index (χ4v) is 11.2. The number of carboxylic acids is 1. The van der Waals surface area contributed by atoms with Gasteiger partial charge in [-0.2, -0.15) is 0 Å². The summed E-state index contributed by atoms with van der Waals surface area (Å²) >= 11 is 0. The van der Waals surface area contributed by atoms with Crippen LogP contribution in [-0.2, 0) is 19.1 Å². The van der Waals surface area contributed by atoms with Gasteiger partial charge in [0.05, 0.1) is 0 Å². The quantitative estimate of drug-likeness (QED) is 0.291. The summed E-state index contributed by atoms with van der Waals surface area (Å²) in [7, 11) is 0. The Morgan fingerprint density at radius 3 is 2.31 bits per heavy atom. The van der Waals surface area contributed by atoms with E-state index in [-0.39, 0.29) is 39.0 Å². The van der Waals surface area contributed by atoms with Gasteiger partial charge in [-0.05, 0) is 91.3 Å². The van der Waals surface area contributed by atoms with Gasteiger partial charge in [0.1, 0.15) is 17.3 Å². The summed E-state index contributed by atoms with van der Waals surface area (Å²) in [5, 5.41) is 10.9. The minimum Gasteiger partial charge on any atom is -0.481 e. The van der Waals surface area contributed by atoms with Gasteiger partial charge in [-0.25, -0.2) is 0 Å². The summed E-state index contributed by atoms with van der Waals surface area (Å²) in [5.41, 5.74) is -0.103. The van der Waals surface area contributed by atoms with Crippen LogP contribution in [0.4, 0.5) is 0 Å². The van der Waals surface area contributed by atoms with Gasteiger partial charge >= 0.3 is 11.9 Å². The fraction of sp³-hybridized carbons (Fsp3) is 0.853. The molecule has 5 aliphatic carbocycles. The normalized spacial score (nSPS) is 46.1. The van der Waals surface area contributed by atoms with Crippen molar-refractivity contribution in [2.45, 2.75) is 132 Å². The van der Waals surface area contributed by atoms with Gasteiger partial charge in [-0.1, -0.05) is 67.0 Å². The van der Waals surface area contributed by atoms with Crippen molar-refractivity contribution in [3.8, 4) is 0 Å². The van der Waals surface area contributed by atoms with Crippen molar-refractivity contribution < 1.29 is 24.2 Å². The van der Waals surface area contributed by atoms with E-state index in [9.17, 15) is 19.5 Å². The van der Waals surface area contributed by atoms with Crippen molar-refractivity contribution in [1.29, 1.82) is 0 Å². The summed E-state index contributed by atoms with van der Waals surface area (Å²) in [5.74, 6) is 0.0833. The molecule has 0 aromatic heterocycles. The van der Waals surface area contributed by atoms with Crippen molar-refractivity contribution in [1.82, 2.24) is 0 Å². The van der Waals surface area contributed by atoms with Crippen LogP contribution in [0.2, 0.25) is 0 Å². The van der Waals surface area contributed by atoms with Gasteiger partial charge in [0.2, 0.25) is 0 Å². The summed E-state index contributed by atoms with van der Waals surface area (Å²) in [6, 6.07) is 0. The van der Waals surface area contributed by atoms with Gasteiger partial charge < -0.3 is 9.84 Å². The molecule has 218 valence electrons. The minimum absolute atomic E-state index is 0.0411. The number of fused-ring (bicyclic) bond motifs is 7. The molecule has 5 heteroatoms. The Bertz CT molecular complexity index is 1100. The third-order valence-corrected chi connectivity index (χ3v) is 13.5. The molecular weight excluding hydrogens is 488 g/mol. The highest BCUT2D eigenvalue weighted by atomic mass is 16.5. The van der Waals surface area contributed by atoms with Crippen molar-refractivity contribution in [3.63, 3.8) is 0 Å². The molecule has 0 unspecified atom stereocenters. The molecule has 4 fully saturated rings. The van der Waals surface area contributed by atoms with Crippen LogP contribution in [0.5, 0.6) is 0 Å². The average Bonchev–Trinajstić information content (AvgIpc) is 2.81. The van der Waals surface area contributed by atoms with Crippen molar-refractivity contribution in [2.75, 3.05) is 0 Å². The number of ketones is 1. The fourth-order valence-electron chi connectivity index (χ4n) is 11.2. The minimum atomic E-state index is -1.06. The second-order valence-electron chi connectivity index (χ2n) is 16.1. The molecule has 0 bridgehead atoms. The molecule has 5 aliphatic rings. The Balaban J connectivity index is 1.59. The predicted octanol–water partition coefficient (Wildman–Crippen LogP) is 7.76. The molecule has 0 aromatic rings. The first kappa shape index (κ1) is 28.9. The van der Waals surface area contributed by atoms with Crippen LogP contribution in [0.3, 0.4) is 0 Å². The summed E-state index contributed by atoms with van der Waals surface area (Å²) in [6.07, 6.45) is 10.3. The van der Waals surface area contributed by atoms with Crippen LogP contribution in [0.25, 0.3) is 0 Å². The first-order valence-corrected chi connectivity index (χ1v) is 15.7. The molecule has 0 saturated heterocycles. The first-order valence-electron chi connectivity index (χ1n) is 15.7. The van der Waals surface area contributed by atoms with E-state index in [1.807, 2.05) is 6.92 Å². The maximum atomic E-state index is 13.3. The van der Waals surface area contributed by atoms with Crippen LogP contribution in [-0.4, -0.2) is 28.9 Å². The topological polar surface area (TPSA) is 80.7 Å². The molecule has 0 radical (unpaired) electrons. The van der Waals surface area contributed by atoms with E-state index in [4.69, 9.17) is 4.74 Å². The maximum absolute atomic E-state index is 13.3. The first-order chi connectivity index (χ1) is 18.0. The monoisotopic (exact) mass is 540 g/mol. The lowest BCUT2D eigenvalue weighted by Gasteiger charge is -2.70. The Morgan fingerprint density at radius 2 is 1.67 bits per heavy atom. The maximum Gasteiger partial charge on any atom is 0.314 e. The van der Waals surface area contributed by atoms with Crippen molar-refractivity contribution >= 4 is 17.7 Å². The number of Topliss-reactive ketones (excluding diaryl/α,β-unsaturated/α-hetero) is 1. The smallest absolute Gasteiger partial charge is 0.314 e.